The van der Waals surface area contributed by atoms with E-state index in [2.05, 4.69) is 97.2 Å². The van der Waals surface area contributed by atoms with E-state index in [1.54, 1.807) is 0 Å². The Bertz CT molecular complexity index is 1750. The highest BCUT2D eigenvalue weighted by atomic mass is 15.0. The predicted molar refractivity (Wildman–Crippen MR) is 134 cm³/mol. The predicted octanol–water partition coefficient (Wildman–Crippen LogP) is 7.26. The number of hydrogen-bond donors (Lipinski definition) is 0. The molecule has 0 N–H and O–H groups in total. The van der Waals surface area contributed by atoms with Crippen molar-refractivity contribution in [3.63, 3.8) is 0 Å². The molecule has 0 spiro atoms. The smallest absolute Gasteiger partial charge is 0.224 e. The van der Waals surface area contributed by atoms with Gasteiger partial charge in [0.15, 0.2) is 11.9 Å². The van der Waals surface area contributed by atoms with Gasteiger partial charge in [-0.15, -0.1) is 0 Å². The Morgan fingerprint density at radius 2 is 1.72 bits per heavy atom. The molecule has 0 atom stereocenters. The van der Waals surface area contributed by atoms with Gasteiger partial charge in [-0.25, -0.2) is 9.41 Å². The molecular formula is C29H26N3+. The van der Waals surface area contributed by atoms with Crippen LogP contribution in [0.5, 0.6) is 0 Å². The summed E-state index contributed by atoms with van der Waals surface area (Å²) in [6.07, 6.45) is 3.21. The Labute approximate surface area is 187 Å². The number of hydrogen-bond acceptors (Lipinski definition) is 0. The third kappa shape index (κ3) is 2.50. The largest absolute Gasteiger partial charge is 0.309 e. The lowest BCUT2D eigenvalue weighted by Gasteiger charge is -2.20. The second kappa shape index (κ2) is 6.20. The summed E-state index contributed by atoms with van der Waals surface area (Å²) >= 11 is 0. The van der Waals surface area contributed by atoms with Gasteiger partial charge in [-0.1, -0.05) is 51.1 Å². The standard InChI is InChI=1S/C29H26N3/c1-17-7-9-22-21-10-8-20(30-5)15-23(21)32-24-14-18(16-29(2,3)4)13-19-11-12-31(6)28(26(19)24)25(17)27(22)32/h7-15H,16H2,1-4,6H3/q+1. The minimum absolute atomic E-state index is 0.206. The van der Waals surface area contributed by atoms with E-state index >= 15 is 0 Å². The SMILES string of the molecule is [C-]#[N+]c1ccc2c3ccc(C)c4c3n(c2c1)c1cc(CC(C)(C)C)cc2cc[n+](C)c4c21. The molecule has 6 aromatic rings. The normalized spacial score (nSPS) is 12.6. The number of rotatable bonds is 1. The van der Waals surface area contributed by atoms with Crippen LogP contribution < -0.4 is 4.57 Å². The highest BCUT2D eigenvalue weighted by Gasteiger charge is 2.24. The van der Waals surface area contributed by atoms with Crippen LogP contribution in [0.25, 0.3) is 53.8 Å². The highest BCUT2D eigenvalue weighted by Crippen LogP contribution is 2.42. The van der Waals surface area contributed by atoms with Gasteiger partial charge >= 0.3 is 0 Å². The molecule has 3 aromatic carbocycles. The van der Waals surface area contributed by atoms with E-state index in [1.807, 2.05) is 6.07 Å². The molecule has 3 nitrogen and oxygen atoms in total. The summed E-state index contributed by atoms with van der Waals surface area (Å²) in [7, 11) is 2.15. The lowest BCUT2D eigenvalue weighted by atomic mass is 9.87. The van der Waals surface area contributed by atoms with Crippen LogP contribution in [0.1, 0.15) is 31.9 Å². The zero-order valence-corrected chi connectivity index (χ0v) is 19.2. The van der Waals surface area contributed by atoms with Crippen LogP contribution in [0.2, 0.25) is 0 Å². The summed E-state index contributed by atoms with van der Waals surface area (Å²) in [5.41, 5.74) is 8.40. The summed E-state index contributed by atoms with van der Waals surface area (Å²) in [5.74, 6) is 0. The molecule has 32 heavy (non-hydrogen) atoms. The number of aryl methyl sites for hydroxylation is 2. The molecule has 0 unspecified atom stereocenters. The molecule has 3 heteroatoms. The third-order valence-electron chi connectivity index (χ3n) is 6.74. The fraction of sp³-hybridized carbons (Fsp3) is 0.241. The lowest BCUT2D eigenvalue weighted by Crippen LogP contribution is -2.29. The Hall–Kier alpha value is -3.64. The summed E-state index contributed by atoms with van der Waals surface area (Å²) in [6, 6.07) is 17.6. The zero-order valence-electron chi connectivity index (χ0n) is 19.2. The average Bonchev–Trinajstić information content (AvgIpc) is 3.07. The first-order chi connectivity index (χ1) is 15.3. The van der Waals surface area contributed by atoms with E-state index in [-0.39, 0.29) is 5.41 Å². The van der Waals surface area contributed by atoms with Crippen molar-refractivity contribution < 1.29 is 4.57 Å². The Balaban J connectivity index is 1.97. The molecule has 0 aliphatic carbocycles. The van der Waals surface area contributed by atoms with Crippen LogP contribution in [0.3, 0.4) is 0 Å². The fourth-order valence-corrected chi connectivity index (χ4v) is 5.55. The summed E-state index contributed by atoms with van der Waals surface area (Å²) in [5, 5.41) is 6.33. The number of pyridine rings is 2. The highest BCUT2D eigenvalue weighted by molar-refractivity contribution is 6.26. The molecule has 0 fully saturated rings. The van der Waals surface area contributed by atoms with E-state index in [4.69, 9.17) is 6.57 Å². The molecule has 0 aliphatic heterocycles. The number of benzene rings is 3. The molecule has 0 saturated heterocycles. The molecule has 156 valence electrons. The van der Waals surface area contributed by atoms with E-state index in [1.165, 1.54) is 54.6 Å². The zero-order chi connectivity index (χ0) is 22.4. The van der Waals surface area contributed by atoms with Gasteiger partial charge in [0.05, 0.1) is 28.4 Å². The number of aromatic nitrogens is 2. The Kier molecular flexibility index (Phi) is 3.70. The van der Waals surface area contributed by atoms with Gasteiger partial charge in [0.1, 0.15) is 7.05 Å². The van der Waals surface area contributed by atoms with Crippen LogP contribution in [0.4, 0.5) is 5.69 Å². The fourth-order valence-electron chi connectivity index (χ4n) is 5.55. The van der Waals surface area contributed by atoms with Crippen molar-refractivity contribution in [3.05, 3.63) is 77.3 Å². The van der Waals surface area contributed by atoms with Crippen LogP contribution in [0, 0.1) is 18.9 Å². The van der Waals surface area contributed by atoms with Gasteiger partial charge in [-0.3, -0.25) is 0 Å². The topological polar surface area (TPSA) is 12.6 Å². The maximum atomic E-state index is 7.58. The molecule has 0 aliphatic rings. The van der Waals surface area contributed by atoms with Crippen molar-refractivity contribution in [3.8, 4) is 0 Å². The van der Waals surface area contributed by atoms with Gasteiger partial charge in [-0.2, -0.15) is 0 Å². The van der Waals surface area contributed by atoms with Crippen LogP contribution in [-0.2, 0) is 13.5 Å². The Morgan fingerprint density at radius 3 is 2.47 bits per heavy atom. The minimum Gasteiger partial charge on any atom is -0.309 e. The molecule has 3 heterocycles. The molecule has 6 rings (SSSR count). The summed E-state index contributed by atoms with van der Waals surface area (Å²) < 4.78 is 4.69. The van der Waals surface area contributed by atoms with Crippen molar-refractivity contribution in [1.82, 2.24) is 4.40 Å². The summed E-state index contributed by atoms with van der Waals surface area (Å²) in [4.78, 5) is 3.73. The second-order valence-electron chi connectivity index (χ2n) is 10.4. The Morgan fingerprint density at radius 1 is 0.938 bits per heavy atom. The molecule has 0 saturated carbocycles. The van der Waals surface area contributed by atoms with E-state index in [0.717, 1.165) is 11.9 Å². The molecule has 0 radical (unpaired) electrons. The molecule has 0 amide bonds. The molecular weight excluding hydrogens is 390 g/mol. The number of nitrogens with zero attached hydrogens (tertiary/aromatic N) is 3. The maximum Gasteiger partial charge on any atom is 0.224 e. The second-order valence-corrected chi connectivity index (χ2v) is 10.4. The third-order valence-corrected chi connectivity index (χ3v) is 6.74. The van der Waals surface area contributed by atoms with Crippen molar-refractivity contribution >= 4 is 54.7 Å². The monoisotopic (exact) mass is 416 g/mol. The first-order valence-electron chi connectivity index (χ1n) is 11.2. The van der Waals surface area contributed by atoms with Crippen LogP contribution >= 0.6 is 0 Å². The van der Waals surface area contributed by atoms with Crippen molar-refractivity contribution in [1.29, 1.82) is 0 Å². The van der Waals surface area contributed by atoms with Crippen molar-refractivity contribution in [2.24, 2.45) is 12.5 Å². The first kappa shape index (κ1) is 19.1. The first-order valence-corrected chi connectivity index (χ1v) is 11.2. The van der Waals surface area contributed by atoms with E-state index in [9.17, 15) is 0 Å². The molecule has 0 bridgehead atoms. The maximum absolute atomic E-state index is 7.58. The summed E-state index contributed by atoms with van der Waals surface area (Å²) in [6.45, 7) is 16.7. The minimum atomic E-state index is 0.206. The van der Waals surface area contributed by atoms with E-state index < -0.39 is 0 Å². The van der Waals surface area contributed by atoms with Gasteiger partial charge in [0, 0.05) is 22.4 Å². The lowest BCUT2D eigenvalue weighted by molar-refractivity contribution is -0.643. The molecule has 3 aromatic heterocycles. The number of fused-ring (bicyclic) bond motifs is 5. The van der Waals surface area contributed by atoms with E-state index in [0.29, 0.717) is 5.69 Å². The quantitative estimate of drug-likeness (QED) is 0.116. The van der Waals surface area contributed by atoms with Crippen LogP contribution in [-0.4, -0.2) is 4.40 Å². The van der Waals surface area contributed by atoms with Gasteiger partial charge in [0.2, 0.25) is 5.52 Å². The van der Waals surface area contributed by atoms with Crippen LogP contribution in [0.15, 0.2) is 54.7 Å². The van der Waals surface area contributed by atoms with Gasteiger partial charge in [0.25, 0.3) is 0 Å². The van der Waals surface area contributed by atoms with Gasteiger partial charge < -0.3 is 4.40 Å². The van der Waals surface area contributed by atoms with Gasteiger partial charge in [-0.05, 0) is 47.4 Å². The average molecular weight is 417 g/mol. The van der Waals surface area contributed by atoms with Crippen molar-refractivity contribution in [2.45, 2.75) is 34.1 Å². The van der Waals surface area contributed by atoms with Crippen molar-refractivity contribution in [2.75, 3.05) is 0 Å².